The zero-order valence-electron chi connectivity index (χ0n) is 7.61. The lowest BCUT2D eigenvalue weighted by molar-refractivity contribution is 0.124. The summed E-state index contributed by atoms with van der Waals surface area (Å²) in [6, 6.07) is 7.19. The fraction of sp³-hybridized carbons (Fsp3) is 0.200. The second kappa shape index (κ2) is 4.50. The summed E-state index contributed by atoms with van der Waals surface area (Å²) in [5.74, 6) is 0.492. The predicted octanol–water partition coefficient (Wildman–Crippen LogP) is 2.69. The Kier molecular flexibility index (Phi) is 3.31. The third kappa shape index (κ3) is 3.15. The highest BCUT2D eigenvalue weighted by atomic mass is 16.7. The molecule has 1 aromatic carbocycles. The van der Waals surface area contributed by atoms with Crippen LogP contribution in [0.5, 0.6) is 5.75 Å². The van der Waals surface area contributed by atoms with E-state index in [2.05, 4.69) is 4.74 Å². The summed E-state index contributed by atoms with van der Waals surface area (Å²) in [7, 11) is 0. The van der Waals surface area contributed by atoms with Gasteiger partial charge in [-0.15, -0.1) is 0 Å². The third-order valence-corrected chi connectivity index (χ3v) is 1.40. The van der Waals surface area contributed by atoms with E-state index < -0.39 is 6.16 Å². The number of ether oxygens (including phenoxy) is 2. The molecule has 0 amide bonds. The van der Waals surface area contributed by atoms with Gasteiger partial charge in [-0.05, 0) is 31.5 Å². The molecule has 0 aliphatic heterocycles. The summed E-state index contributed by atoms with van der Waals surface area (Å²) in [5.41, 5.74) is 1.03. The van der Waals surface area contributed by atoms with Crippen LogP contribution in [0.2, 0.25) is 0 Å². The average molecular weight is 179 g/mol. The van der Waals surface area contributed by atoms with Gasteiger partial charge in [0.15, 0.2) is 0 Å². The van der Waals surface area contributed by atoms with Gasteiger partial charge in [0.2, 0.25) is 0 Å². The summed E-state index contributed by atoms with van der Waals surface area (Å²) < 4.78 is 9.34. The van der Waals surface area contributed by atoms with Crippen LogP contribution in [0, 0.1) is 13.5 Å². The van der Waals surface area contributed by atoms with Crippen LogP contribution >= 0.6 is 0 Å². The Morgan fingerprint density at radius 2 is 2.23 bits per heavy atom. The van der Waals surface area contributed by atoms with E-state index in [0.29, 0.717) is 5.75 Å². The highest BCUT2D eigenvalue weighted by Gasteiger charge is 2.03. The minimum atomic E-state index is -0.715. The summed E-state index contributed by atoms with van der Waals surface area (Å²) >= 11 is 0. The smallest absolute Gasteiger partial charge is 0.427 e. The van der Waals surface area contributed by atoms with Crippen LogP contribution in [0.4, 0.5) is 4.79 Å². The molecule has 0 aliphatic carbocycles. The molecular formula is C10H11O3. The SMILES string of the molecule is C[CH]OC(=O)Oc1cccc(C)c1. The Bertz CT molecular complexity index is 294. The first-order chi connectivity index (χ1) is 6.22. The Labute approximate surface area is 77.3 Å². The second-order valence-corrected chi connectivity index (χ2v) is 2.52. The predicted molar refractivity (Wildman–Crippen MR) is 48.3 cm³/mol. The van der Waals surface area contributed by atoms with Gasteiger partial charge in [-0.3, -0.25) is 0 Å². The molecule has 13 heavy (non-hydrogen) atoms. The molecule has 0 heterocycles. The molecule has 0 unspecified atom stereocenters. The maximum Gasteiger partial charge on any atom is 0.514 e. The van der Waals surface area contributed by atoms with E-state index in [4.69, 9.17) is 4.74 Å². The van der Waals surface area contributed by atoms with Gasteiger partial charge in [0.25, 0.3) is 0 Å². The van der Waals surface area contributed by atoms with E-state index in [1.807, 2.05) is 19.1 Å². The molecule has 0 fully saturated rings. The van der Waals surface area contributed by atoms with Crippen molar-refractivity contribution < 1.29 is 14.3 Å². The number of rotatable bonds is 2. The van der Waals surface area contributed by atoms with Gasteiger partial charge in [-0.1, -0.05) is 12.1 Å². The largest absolute Gasteiger partial charge is 0.514 e. The van der Waals surface area contributed by atoms with Crippen molar-refractivity contribution in [2.75, 3.05) is 0 Å². The van der Waals surface area contributed by atoms with Crippen molar-refractivity contribution in [3.63, 3.8) is 0 Å². The van der Waals surface area contributed by atoms with Crippen LogP contribution in [0.3, 0.4) is 0 Å². The molecule has 0 saturated heterocycles. The maximum atomic E-state index is 10.8. The first-order valence-electron chi connectivity index (χ1n) is 3.95. The summed E-state index contributed by atoms with van der Waals surface area (Å²) in [5, 5.41) is 0. The highest BCUT2D eigenvalue weighted by Crippen LogP contribution is 2.12. The normalized spacial score (nSPS) is 9.38. The van der Waals surface area contributed by atoms with Crippen molar-refractivity contribution in [1.82, 2.24) is 0 Å². The van der Waals surface area contributed by atoms with Crippen molar-refractivity contribution in [2.45, 2.75) is 13.8 Å². The van der Waals surface area contributed by atoms with Crippen LogP contribution in [-0.2, 0) is 4.74 Å². The third-order valence-electron chi connectivity index (χ3n) is 1.40. The summed E-state index contributed by atoms with van der Waals surface area (Å²) in [6.45, 7) is 4.81. The zero-order valence-corrected chi connectivity index (χ0v) is 7.61. The fourth-order valence-electron chi connectivity index (χ4n) is 0.895. The van der Waals surface area contributed by atoms with Crippen molar-refractivity contribution >= 4 is 6.16 Å². The lowest BCUT2D eigenvalue weighted by atomic mass is 10.2. The second-order valence-electron chi connectivity index (χ2n) is 2.52. The van der Waals surface area contributed by atoms with Crippen molar-refractivity contribution in [3.05, 3.63) is 36.4 Å². The molecule has 3 nitrogen and oxygen atoms in total. The van der Waals surface area contributed by atoms with E-state index in [1.165, 1.54) is 6.61 Å². The number of hydrogen-bond acceptors (Lipinski definition) is 3. The summed E-state index contributed by atoms with van der Waals surface area (Å²) in [4.78, 5) is 10.8. The van der Waals surface area contributed by atoms with Crippen molar-refractivity contribution in [2.24, 2.45) is 0 Å². The van der Waals surface area contributed by atoms with E-state index in [1.54, 1.807) is 19.1 Å². The number of carbonyl (C=O) groups is 1. The molecule has 1 rings (SSSR count). The first kappa shape index (κ1) is 9.58. The van der Waals surface area contributed by atoms with E-state index >= 15 is 0 Å². The van der Waals surface area contributed by atoms with Gasteiger partial charge in [-0.25, -0.2) is 4.79 Å². The molecule has 0 aliphatic rings. The molecule has 3 heteroatoms. The molecular weight excluding hydrogens is 168 g/mol. The lowest BCUT2D eigenvalue weighted by Gasteiger charge is -2.03. The molecule has 0 saturated carbocycles. The molecule has 0 bridgehead atoms. The van der Waals surface area contributed by atoms with Gasteiger partial charge >= 0.3 is 6.16 Å². The van der Waals surface area contributed by atoms with Gasteiger partial charge in [0, 0.05) is 0 Å². The number of benzene rings is 1. The van der Waals surface area contributed by atoms with Crippen LogP contribution in [0.15, 0.2) is 24.3 Å². The van der Waals surface area contributed by atoms with Crippen LogP contribution in [0.25, 0.3) is 0 Å². The van der Waals surface area contributed by atoms with Gasteiger partial charge in [0.1, 0.15) is 12.4 Å². The zero-order chi connectivity index (χ0) is 9.68. The standard InChI is InChI=1S/C10H11O3/c1-3-12-10(11)13-9-6-4-5-8(2)7-9/h3-7H,1-2H3. The summed E-state index contributed by atoms with van der Waals surface area (Å²) in [6.07, 6.45) is -0.715. The van der Waals surface area contributed by atoms with Gasteiger partial charge in [0.05, 0.1) is 0 Å². The molecule has 0 aromatic heterocycles. The highest BCUT2D eigenvalue weighted by molar-refractivity contribution is 5.64. The lowest BCUT2D eigenvalue weighted by Crippen LogP contribution is -2.07. The Morgan fingerprint density at radius 3 is 2.85 bits per heavy atom. The van der Waals surface area contributed by atoms with E-state index in [0.717, 1.165) is 5.56 Å². The van der Waals surface area contributed by atoms with E-state index in [-0.39, 0.29) is 0 Å². The van der Waals surface area contributed by atoms with Crippen LogP contribution < -0.4 is 4.74 Å². The van der Waals surface area contributed by atoms with Crippen LogP contribution in [0.1, 0.15) is 12.5 Å². The van der Waals surface area contributed by atoms with Crippen molar-refractivity contribution in [3.8, 4) is 5.75 Å². The topological polar surface area (TPSA) is 35.5 Å². The quantitative estimate of drug-likeness (QED) is 0.517. The maximum absolute atomic E-state index is 10.8. The number of hydrogen-bond donors (Lipinski definition) is 0. The fourth-order valence-corrected chi connectivity index (χ4v) is 0.895. The molecule has 0 atom stereocenters. The van der Waals surface area contributed by atoms with E-state index in [9.17, 15) is 4.79 Å². The molecule has 69 valence electrons. The molecule has 1 radical (unpaired) electrons. The number of carbonyl (C=O) groups excluding carboxylic acids is 1. The monoisotopic (exact) mass is 179 g/mol. The molecule has 0 N–H and O–H groups in total. The number of aryl methyl sites for hydroxylation is 1. The average Bonchev–Trinajstić information content (AvgIpc) is 2.04. The first-order valence-corrected chi connectivity index (χ1v) is 3.95. The Balaban J connectivity index is 2.58. The Morgan fingerprint density at radius 1 is 1.46 bits per heavy atom. The minimum absolute atomic E-state index is 0.492. The molecule has 0 spiro atoms. The van der Waals surface area contributed by atoms with Gasteiger partial charge < -0.3 is 9.47 Å². The van der Waals surface area contributed by atoms with Crippen molar-refractivity contribution in [1.29, 1.82) is 0 Å². The van der Waals surface area contributed by atoms with Gasteiger partial charge in [-0.2, -0.15) is 0 Å². The van der Waals surface area contributed by atoms with Crippen LogP contribution in [-0.4, -0.2) is 6.16 Å². The Hall–Kier alpha value is -1.51. The molecule has 1 aromatic rings. The minimum Gasteiger partial charge on any atom is -0.427 e.